The van der Waals surface area contributed by atoms with Crippen molar-refractivity contribution in [3.05, 3.63) is 24.3 Å². The minimum atomic E-state index is 0.588. The summed E-state index contributed by atoms with van der Waals surface area (Å²) in [6, 6.07) is 0. The Kier molecular flexibility index (Phi) is 2.22. The average molecular weight is 150 g/mol. The fraction of sp³-hybridized carbons (Fsp3) is 0.636. The molecule has 0 nitrogen and oxygen atoms in total. The lowest BCUT2D eigenvalue weighted by Crippen LogP contribution is -2.09. The third kappa shape index (κ3) is 1.40. The summed E-state index contributed by atoms with van der Waals surface area (Å²) in [7, 11) is 0. The Labute approximate surface area is 70.0 Å². The molecule has 1 saturated carbocycles. The van der Waals surface area contributed by atoms with Crippen LogP contribution in [-0.4, -0.2) is 0 Å². The number of rotatable bonds is 1. The molecule has 0 N–H and O–H groups in total. The molecule has 0 radical (unpaired) electrons. The molecule has 1 aliphatic carbocycles. The van der Waals surface area contributed by atoms with E-state index in [0.717, 1.165) is 11.8 Å². The van der Waals surface area contributed by atoms with Crippen LogP contribution in [0, 0.1) is 17.8 Å². The number of hydrogen-bond donors (Lipinski definition) is 0. The third-order valence-corrected chi connectivity index (χ3v) is 2.98. The molecule has 1 rings (SSSR count). The van der Waals surface area contributed by atoms with Gasteiger partial charge in [-0.1, -0.05) is 38.2 Å². The van der Waals surface area contributed by atoms with Gasteiger partial charge in [-0.15, -0.1) is 0 Å². The van der Waals surface area contributed by atoms with Gasteiger partial charge in [0.2, 0.25) is 0 Å². The van der Waals surface area contributed by atoms with E-state index in [1.165, 1.54) is 17.6 Å². The fourth-order valence-corrected chi connectivity index (χ4v) is 2.22. The zero-order valence-corrected chi connectivity index (χ0v) is 7.85. The average Bonchev–Trinajstić information content (AvgIpc) is 2.07. The fourth-order valence-electron chi connectivity index (χ4n) is 2.22. The Bertz CT molecular complexity index is 188. The second-order valence-corrected chi connectivity index (χ2v) is 4.02. The first-order chi connectivity index (χ1) is 5.04. The summed E-state index contributed by atoms with van der Waals surface area (Å²) in [4.78, 5) is 0. The smallest absolute Gasteiger partial charge is 0.00272 e. The van der Waals surface area contributed by atoms with Crippen molar-refractivity contribution in [2.45, 2.75) is 27.2 Å². The van der Waals surface area contributed by atoms with Gasteiger partial charge in [0, 0.05) is 5.92 Å². The van der Waals surface area contributed by atoms with Gasteiger partial charge in [-0.3, -0.25) is 0 Å². The van der Waals surface area contributed by atoms with Crippen LogP contribution in [0.5, 0.6) is 0 Å². The highest BCUT2D eigenvalue weighted by Crippen LogP contribution is 2.42. The van der Waals surface area contributed by atoms with Crippen LogP contribution >= 0.6 is 0 Å². The summed E-state index contributed by atoms with van der Waals surface area (Å²) < 4.78 is 0. The first-order valence-electron chi connectivity index (χ1n) is 4.37. The lowest BCUT2D eigenvalue weighted by atomic mass is 9.87. The van der Waals surface area contributed by atoms with Crippen LogP contribution in [0.4, 0.5) is 0 Å². The molecule has 0 spiro atoms. The van der Waals surface area contributed by atoms with Crippen molar-refractivity contribution >= 4 is 0 Å². The summed E-state index contributed by atoms with van der Waals surface area (Å²) in [5, 5.41) is 0. The molecule has 11 heavy (non-hydrogen) atoms. The van der Waals surface area contributed by atoms with Crippen LogP contribution in [0.2, 0.25) is 0 Å². The molecule has 0 aliphatic heterocycles. The predicted octanol–water partition coefficient (Wildman–Crippen LogP) is 3.41. The van der Waals surface area contributed by atoms with Gasteiger partial charge in [0.15, 0.2) is 0 Å². The van der Waals surface area contributed by atoms with Gasteiger partial charge in [-0.25, -0.2) is 0 Å². The number of hydrogen-bond acceptors (Lipinski definition) is 0. The first kappa shape index (κ1) is 8.58. The lowest BCUT2D eigenvalue weighted by molar-refractivity contribution is 0.401. The normalized spacial score (nSPS) is 37.7. The SMILES string of the molecule is C=C(C)C1C(=C)CC(C)C1C. The molecule has 0 aromatic rings. The first-order valence-corrected chi connectivity index (χ1v) is 4.37. The molecule has 1 fully saturated rings. The predicted molar refractivity (Wildman–Crippen MR) is 50.4 cm³/mol. The third-order valence-electron chi connectivity index (χ3n) is 2.98. The van der Waals surface area contributed by atoms with E-state index in [0.29, 0.717) is 5.92 Å². The molecular weight excluding hydrogens is 132 g/mol. The molecule has 3 unspecified atom stereocenters. The van der Waals surface area contributed by atoms with Crippen molar-refractivity contribution in [3.63, 3.8) is 0 Å². The van der Waals surface area contributed by atoms with Gasteiger partial charge in [-0.2, -0.15) is 0 Å². The van der Waals surface area contributed by atoms with Crippen LogP contribution in [0.1, 0.15) is 27.2 Å². The zero-order chi connectivity index (χ0) is 8.59. The van der Waals surface area contributed by atoms with Gasteiger partial charge < -0.3 is 0 Å². The van der Waals surface area contributed by atoms with E-state index >= 15 is 0 Å². The van der Waals surface area contributed by atoms with E-state index in [4.69, 9.17) is 0 Å². The Morgan fingerprint density at radius 1 is 1.45 bits per heavy atom. The summed E-state index contributed by atoms with van der Waals surface area (Å²) in [5.74, 6) is 2.13. The van der Waals surface area contributed by atoms with E-state index in [-0.39, 0.29) is 0 Å². The second kappa shape index (κ2) is 2.84. The van der Waals surface area contributed by atoms with E-state index < -0.39 is 0 Å². The van der Waals surface area contributed by atoms with Crippen molar-refractivity contribution < 1.29 is 0 Å². The van der Waals surface area contributed by atoms with Crippen LogP contribution in [-0.2, 0) is 0 Å². The van der Waals surface area contributed by atoms with Crippen molar-refractivity contribution in [1.29, 1.82) is 0 Å². The van der Waals surface area contributed by atoms with Crippen molar-refractivity contribution in [3.8, 4) is 0 Å². The molecule has 1 aliphatic rings. The summed E-state index contributed by atoms with van der Waals surface area (Å²) in [5.41, 5.74) is 2.67. The molecule has 0 aromatic heterocycles. The van der Waals surface area contributed by atoms with Gasteiger partial charge >= 0.3 is 0 Å². The maximum absolute atomic E-state index is 4.10. The summed E-state index contributed by atoms with van der Waals surface area (Å²) >= 11 is 0. The maximum Gasteiger partial charge on any atom is 0.00272 e. The van der Waals surface area contributed by atoms with E-state index in [1.54, 1.807) is 0 Å². The molecule has 0 aromatic carbocycles. The minimum absolute atomic E-state index is 0.588. The Hall–Kier alpha value is -0.520. The highest BCUT2D eigenvalue weighted by molar-refractivity contribution is 5.21. The highest BCUT2D eigenvalue weighted by Gasteiger charge is 2.32. The van der Waals surface area contributed by atoms with Crippen molar-refractivity contribution in [2.24, 2.45) is 17.8 Å². The van der Waals surface area contributed by atoms with Crippen LogP contribution in [0.25, 0.3) is 0 Å². The van der Waals surface area contributed by atoms with Crippen molar-refractivity contribution in [1.82, 2.24) is 0 Å². The van der Waals surface area contributed by atoms with E-state index in [2.05, 4.69) is 33.9 Å². The number of allylic oxidation sites excluding steroid dienone is 2. The van der Waals surface area contributed by atoms with Gasteiger partial charge in [0.1, 0.15) is 0 Å². The van der Waals surface area contributed by atoms with E-state index in [9.17, 15) is 0 Å². The molecule has 0 bridgehead atoms. The Morgan fingerprint density at radius 3 is 2.18 bits per heavy atom. The second-order valence-electron chi connectivity index (χ2n) is 4.02. The monoisotopic (exact) mass is 150 g/mol. The molecule has 0 saturated heterocycles. The Morgan fingerprint density at radius 2 is 2.00 bits per heavy atom. The topological polar surface area (TPSA) is 0 Å². The van der Waals surface area contributed by atoms with E-state index in [1.807, 2.05) is 0 Å². The molecule has 0 heteroatoms. The maximum atomic E-state index is 4.10. The lowest BCUT2D eigenvalue weighted by Gasteiger charge is -2.18. The largest absolute Gasteiger partial charge is 0.0995 e. The molecule has 3 atom stereocenters. The zero-order valence-electron chi connectivity index (χ0n) is 7.85. The summed E-state index contributed by atoms with van der Waals surface area (Å²) in [6.45, 7) is 14.8. The minimum Gasteiger partial charge on any atom is -0.0995 e. The van der Waals surface area contributed by atoms with Crippen LogP contribution in [0.15, 0.2) is 24.3 Å². The van der Waals surface area contributed by atoms with Crippen molar-refractivity contribution in [2.75, 3.05) is 0 Å². The standard InChI is InChI=1S/C11H18/c1-7(2)11-9(4)6-8(3)10(11)5/h8,10-11H,1,4,6H2,2-3,5H3. The molecule has 62 valence electrons. The Balaban J connectivity index is 2.79. The van der Waals surface area contributed by atoms with Crippen LogP contribution in [0.3, 0.4) is 0 Å². The molecule has 0 heterocycles. The van der Waals surface area contributed by atoms with Gasteiger partial charge in [0.05, 0.1) is 0 Å². The van der Waals surface area contributed by atoms with Gasteiger partial charge in [-0.05, 0) is 25.2 Å². The highest BCUT2D eigenvalue weighted by atomic mass is 14.4. The van der Waals surface area contributed by atoms with Crippen LogP contribution < -0.4 is 0 Å². The van der Waals surface area contributed by atoms with Gasteiger partial charge in [0.25, 0.3) is 0 Å². The quantitative estimate of drug-likeness (QED) is 0.502. The molecule has 0 amide bonds. The summed E-state index contributed by atoms with van der Waals surface area (Å²) in [6.07, 6.45) is 1.19. The molecular formula is C11H18.